The summed E-state index contributed by atoms with van der Waals surface area (Å²) in [5.41, 5.74) is 0.285. The summed E-state index contributed by atoms with van der Waals surface area (Å²) >= 11 is 0. The second kappa shape index (κ2) is 16.2. The van der Waals surface area contributed by atoms with E-state index in [0.29, 0.717) is 19.0 Å². The zero-order valence-corrected chi connectivity index (χ0v) is 21.3. The van der Waals surface area contributed by atoms with Crippen molar-refractivity contribution in [3.8, 4) is 0 Å². The van der Waals surface area contributed by atoms with Crippen molar-refractivity contribution in [2.45, 2.75) is 120 Å². The third-order valence-corrected chi connectivity index (χ3v) is 6.11. The molecule has 3 nitrogen and oxygen atoms in total. The molecule has 1 N–H and O–H groups in total. The fourth-order valence-electron chi connectivity index (χ4n) is 4.47. The second-order valence-electron chi connectivity index (χ2n) is 10.7. The third-order valence-electron chi connectivity index (χ3n) is 6.11. The van der Waals surface area contributed by atoms with Gasteiger partial charge in [0.2, 0.25) is 5.91 Å². The van der Waals surface area contributed by atoms with Gasteiger partial charge in [0, 0.05) is 19.5 Å². The van der Waals surface area contributed by atoms with Gasteiger partial charge in [0.05, 0.1) is 6.67 Å². The normalized spacial score (nSPS) is 15.3. The largest absolute Gasteiger partial charge is 0.343 e. The van der Waals surface area contributed by atoms with E-state index in [2.05, 4.69) is 65.6 Å². The Kier molecular flexibility index (Phi) is 15.8. The highest BCUT2D eigenvalue weighted by atomic mass is 16.1. The third kappa shape index (κ3) is 15.9. The number of hydrogen-bond acceptors (Lipinski definition) is 2. The van der Waals surface area contributed by atoms with Gasteiger partial charge in [-0.3, -0.25) is 9.69 Å². The number of nitrogens with zero attached hydrogens (tertiary/aromatic N) is 1. The lowest BCUT2D eigenvalue weighted by Gasteiger charge is -2.31. The van der Waals surface area contributed by atoms with Gasteiger partial charge < -0.3 is 5.32 Å². The first kappa shape index (κ1) is 28.4. The van der Waals surface area contributed by atoms with Crippen LogP contribution in [0.3, 0.4) is 0 Å². The van der Waals surface area contributed by atoms with E-state index in [1.54, 1.807) is 0 Å². The van der Waals surface area contributed by atoms with Crippen molar-refractivity contribution in [2.24, 2.45) is 23.2 Å². The van der Waals surface area contributed by atoms with Gasteiger partial charge in [-0.15, -0.1) is 0 Å². The molecule has 3 unspecified atom stereocenters. The molecule has 29 heavy (non-hydrogen) atoms. The van der Waals surface area contributed by atoms with E-state index in [0.717, 1.165) is 31.3 Å². The van der Waals surface area contributed by atoms with Crippen LogP contribution < -0.4 is 5.32 Å². The summed E-state index contributed by atoms with van der Waals surface area (Å²) in [4.78, 5) is 15.1. The summed E-state index contributed by atoms with van der Waals surface area (Å²) in [5, 5.41) is 3.26. The predicted molar refractivity (Wildman–Crippen MR) is 129 cm³/mol. The Balaban J connectivity index is 4.79. The lowest BCUT2D eigenvalue weighted by atomic mass is 9.84. The van der Waals surface area contributed by atoms with E-state index in [1.165, 1.54) is 51.4 Å². The van der Waals surface area contributed by atoms with Crippen LogP contribution in [-0.4, -0.2) is 30.6 Å². The molecule has 0 aromatic rings. The van der Waals surface area contributed by atoms with E-state index in [-0.39, 0.29) is 11.3 Å². The van der Waals surface area contributed by atoms with E-state index >= 15 is 0 Å². The fourth-order valence-corrected chi connectivity index (χ4v) is 4.47. The zero-order chi connectivity index (χ0) is 22.3. The minimum atomic E-state index is 0.218. The molecule has 0 fully saturated rings. The van der Waals surface area contributed by atoms with E-state index in [1.807, 2.05) is 0 Å². The van der Waals surface area contributed by atoms with Crippen LogP contribution in [0.1, 0.15) is 120 Å². The molecule has 0 saturated heterocycles. The Labute approximate surface area is 183 Å². The quantitative estimate of drug-likeness (QED) is 0.256. The Morgan fingerprint density at radius 3 is 1.76 bits per heavy atom. The maximum atomic E-state index is 12.6. The molecular formula is C26H54N2O. The Hall–Kier alpha value is -0.570. The number of carbonyl (C=O) groups is 1. The van der Waals surface area contributed by atoms with E-state index < -0.39 is 0 Å². The van der Waals surface area contributed by atoms with Crippen LogP contribution in [-0.2, 0) is 4.79 Å². The summed E-state index contributed by atoms with van der Waals surface area (Å²) in [6, 6.07) is 0. The number of amides is 1. The number of unbranched alkanes of at least 4 members (excludes halogenated alkanes) is 2. The van der Waals surface area contributed by atoms with Crippen LogP contribution in [0.5, 0.6) is 0 Å². The van der Waals surface area contributed by atoms with Crippen molar-refractivity contribution in [3.63, 3.8) is 0 Å². The Morgan fingerprint density at radius 2 is 1.38 bits per heavy atom. The molecule has 3 heteroatoms. The molecule has 1 amide bonds. The topological polar surface area (TPSA) is 32.3 Å². The average Bonchev–Trinajstić information content (AvgIpc) is 2.64. The number of nitrogens with one attached hydrogen (secondary N) is 1. The highest BCUT2D eigenvalue weighted by molar-refractivity contribution is 5.76. The minimum Gasteiger partial charge on any atom is -0.343 e. The first-order valence-electron chi connectivity index (χ1n) is 12.6. The zero-order valence-electron chi connectivity index (χ0n) is 21.3. The van der Waals surface area contributed by atoms with Gasteiger partial charge >= 0.3 is 0 Å². The fraction of sp³-hybridized carbons (Fsp3) is 0.962. The highest BCUT2D eigenvalue weighted by Crippen LogP contribution is 2.26. The highest BCUT2D eigenvalue weighted by Gasteiger charge is 2.20. The summed E-state index contributed by atoms with van der Waals surface area (Å²) in [5.74, 6) is 2.14. The molecule has 0 saturated carbocycles. The number of carbonyl (C=O) groups excluding carboxylic acids is 1. The molecule has 0 aliphatic heterocycles. The van der Waals surface area contributed by atoms with Crippen molar-refractivity contribution >= 4 is 5.91 Å². The maximum Gasteiger partial charge on any atom is 0.221 e. The Morgan fingerprint density at radius 1 is 0.897 bits per heavy atom. The monoisotopic (exact) mass is 410 g/mol. The minimum absolute atomic E-state index is 0.218. The SMILES string of the molecule is CCCCC(CC)CN(CNC(=O)CC(C)CC(C)(C)C)CC(CC)CCCC. The first-order valence-corrected chi connectivity index (χ1v) is 12.6. The maximum absolute atomic E-state index is 12.6. The molecule has 0 aliphatic carbocycles. The second-order valence-corrected chi connectivity index (χ2v) is 10.7. The van der Waals surface area contributed by atoms with Crippen molar-refractivity contribution < 1.29 is 4.79 Å². The van der Waals surface area contributed by atoms with Gasteiger partial charge in [-0.25, -0.2) is 0 Å². The summed E-state index contributed by atoms with van der Waals surface area (Å²) in [6.45, 7) is 21.1. The molecular weight excluding hydrogens is 356 g/mol. The summed E-state index contributed by atoms with van der Waals surface area (Å²) in [6.07, 6.45) is 12.0. The summed E-state index contributed by atoms with van der Waals surface area (Å²) < 4.78 is 0. The van der Waals surface area contributed by atoms with Gasteiger partial charge in [-0.1, -0.05) is 93.9 Å². The van der Waals surface area contributed by atoms with Crippen LogP contribution in [0.25, 0.3) is 0 Å². The van der Waals surface area contributed by atoms with Crippen molar-refractivity contribution in [1.82, 2.24) is 10.2 Å². The molecule has 0 rings (SSSR count). The van der Waals surface area contributed by atoms with E-state index in [9.17, 15) is 4.79 Å². The smallest absolute Gasteiger partial charge is 0.221 e. The standard InChI is InChI=1S/C26H54N2O/c1-9-13-15-23(11-3)19-28(20-24(12-4)16-14-10-2)21-27-25(29)17-22(5)18-26(6,7)8/h22-24H,9-21H2,1-8H3,(H,27,29). The molecule has 0 aliphatic rings. The first-order chi connectivity index (χ1) is 13.6. The van der Waals surface area contributed by atoms with Crippen LogP contribution in [0.4, 0.5) is 0 Å². The van der Waals surface area contributed by atoms with Crippen LogP contribution >= 0.6 is 0 Å². The van der Waals surface area contributed by atoms with Gasteiger partial charge in [0.15, 0.2) is 0 Å². The molecule has 0 heterocycles. The lowest BCUT2D eigenvalue weighted by molar-refractivity contribution is -0.122. The predicted octanol–water partition coefficient (Wildman–Crippen LogP) is 7.26. The number of hydrogen-bond donors (Lipinski definition) is 1. The average molecular weight is 411 g/mol. The van der Waals surface area contributed by atoms with E-state index in [4.69, 9.17) is 0 Å². The van der Waals surface area contributed by atoms with Gasteiger partial charge in [-0.05, 0) is 42.4 Å². The van der Waals surface area contributed by atoms with Gasteiger partial charge in [0.1, 0.15) is 0 Å². The Bertz CT molecular complexity index is 384. The molecule has 0 bridgehead atoms. The van der Waals surface area contributed by atoms with Crippen molar-refractivity contribution in [3.05, 3.63) is 0 Å². The van der Waals surface area contributed by atoms with Crippen LogP contribution in [0, 0.1) is 23.2 Å². The molecule has 0 aromatic carbocycles. The van der Waals surface area contributed by atoms with Gasteiger partial charge in [0.25, 0.3) is 0 Å². The van der Waals surface area contributed by atoms with Crippen molar-refractivity contribution in [1.29, 1.82) is 0 Å². The van der Waals surface area contributed by atoms with Crippen LogP contribution in [0.2, 0.25) is 0 Å². The molecule has 3 atom stereocenters. The van der Waals surface area contributed by atoms with Gasteiger partial charge in [-0.2, -0.15) is 0 Å². The summed E-state index contributed by atoms with van der Waals surface area (Å²) in [7, 11) is 0. The molecule has 174 valence electrons. The van der Waals surface area contributed by atoms with Crippen molar-refractivity contribution in [2.75, 3.05) is 19.8 Å². The van der Waals surface area contributed by atoms with Crippen LogP contribution in [0.15, 0.2) is 0 Å². The number of rotatable bonds is 17. The molecule has 0 radical (unpaired) electrons. The molecule has 0 spiro atoms. The molecule has 0 aromatic heterocycles. The lowest BCUT2D eigenvalue weighted by Crippen LogP contribution is -2.42.